The molecule has 0 spiro atoms. The number of nitrogens with zero attached hydrogens (tertiary/aromatic N) is 3. The molecule has 2 aliphatic heterocycles. The minimum Gasteiger partial charge on any atom is -0.357 e. The first-order valence-electron chi connectivity index (χ1n) is 9.15. The molecule has 6 heteroatoms. The zero-order valence-electron chi connectivity index (χ0n) is 15.0. The highest BCUT2D eigenvalue weighted by atomic mass is 127. The molecule has 0 bridgehead atoms. The van der Waals surface area contributed by atoms with Gasteiger partial charge in [-0.2, -0.15) is 0 Å². The lowest BCUT2D eigenvalue weighted by Gasteiger charge is -2.31. The SMILES string of the molecule is CCNC(=NCCCN1CCCC1=O)N1CCc2ccccc2C1.I. The zero-order valence-corrected chi connectivity index (χ0v) is 17.4. The fraction of sp³-hybridized carbons (Fsp3) is 0.579. The van der Waals surface area contributed by atoms with Crippen molar-refractivity contribution in [2.75, 3.05) is 32.7 Å². The molecule has 0 saturated carbocycles. The second kappa shape index (κ2) is 9.99. The van der Waals surface area contributed by atoms with Crippen molar-refractivity contribution in [3.05, 3.63) is 35.4 Å². The number of carbonyl (C=O) groups is 1. The van der Waals surface area contributed by atoms with Gasteiger partial charge in [0.15, 0.2) is 5.96 Å². The summed E-state index contributed by atoms with van der Waals surface area (Å²) in [5.74, 6) is 1.30. The van der Waals surface area contributed by atoms with Crippen molar-refractivity contribution in [1.29, 1.82) is 0 Å². The summed E-state index contributed by atoms with van der Waals surface area (Å²) < 4.78 is 0. The van der Waals surface area contributed by atoms with Gasteiger partial charge in [-0.05, 0) is 37.3 Å². The van der Waals surface area contributed by atoms with E-state index in [0.29, 0.717) is 5.91 Å². The van der Waals surface area contributed by atoms with Crippen molar-refractivity contribution in [3.63, 3.8) is 0 Å². The van der Waals surface area contributed by atoms with Crippen molar-refractivity contribution >= 4 is 35.8 Å². The molecule has 2 heterocycles. The minimum atomic E-state index is 0. The number of halogens is 1. The third-order valence-corrected chi connectivity index (χ3v) is 4.78. The molecular weight excluding hydrogens is 427 g/mol. The lowest BCUT2D eigenvalue weighted by atomic mass is 10.0. The van der Waals surface area contributed by atoms with Gasteiger partial charge in [0, 0.05) is 45.7 Å². The Kier molecular flexibility index (Phi) is 7.99. The Hall–Kier alpha value is -1.31. The van der Waals surface area contributed by atoms with Gasteiger partial charge in [-0.25, -0.2) is 0 Å². The number of benzene rings is 1. The predicted molar refractivity (Wildman–Crippen MR) is 112 cm³/mol. The molecule has 1 saturated heterocycles. The van der Waals surface area contributed by atoms with E-state index in [1.807, 2.05) is 4.90 Å². The van der Waals surface area contributed by atoms with Crippen molar-refractivity contribution in [3.8, 4) is 0 Å². The van der Waals surface area contributed by atoms with Gasteiger partial charge in [0.2, 0.25) is 5.91 Å². The summed E-state index contributed by atoms with van der Waals surface area (Å²) in [5.41, 5.74) is 2.86. The number of nitrogens with one attached hydrogen (secondary N) is 1. The van der Waals surface area contributed by atoms with Crippen molar-refractivity contribution in [1.82, 2.24) is 15.1 Å². The van der Waals surface area contributed by atoms with Crippen molar-refractivity contribution in [2.45, 2.75) is 39.2 Å². The Labute approximate surface area is 167 Å². The van der Waals surface area contributed by atoms with Crippen molar-refractivity contribution in [2.24, 2.45) is 4.99 Å². The molecular formula is C19H29IN4O. The summed E-state index contributed by atoms with van der Waals surface area (Å²) in [6.45, 7) is 7.44. The number of rotatable bonds is 5. The number of aliphatic imine (C=N–C) groups is 1. The maximum atomic E-state index is 11.6. The fourth-order valence-electron chi connectivity index (χ4n) is 3.49. The number of likely N-dealkylation sites (tertiary alicyclic amines) is 1. The van der Waals surface area contributed by atoms with Crippen molar-refractivity contribution < 1.29 is 4.79 Å². The topological polar surface area (TPSA) is 47.9 Å². The molecule has 0 aliphatic carbocycles. The second-order valence-corrected chi connectivity index (χ2v) is 6.51. The van der Waals surface area contributed by atoms with Crippen LogP contribution in [0.25, 0.3) is 0 Å². The lowest BCUT2D eigenvalue weighted by molar-refractivity contribution is -0.127. The third kappa shape index (κ3) is 5.33. The number of hydrogen-bond acceptors (Lipinski definition) is 2. The Bertz CT molecular complexity index is 605. The number of amides is 1. The van der Waals surface area contributed by atoms with E-state index in [0.717, 1.165) is 70.9 Å². The van der Waals surface area contributed by atoms with E-state index in [-0.39, 0.29) is 24.0 Å². The number of fused-ring (bicyclic) bond motifs is 1. The van der Waals surface area contributed by atoms with E-state index < -0.39 is 0 Å². The molecule has 25 heavy (non-hydrogen) atoms. The summed E-state index contributed by atoms with van der Waals surface area (Å²) in [5, 5.41) is 3.42. The average molecular weight is 456 g/mol. The molecule has 0 unspecified atom stereocenters. The highest BCUT2D eigenvalue weighted by molar-refractivity contribution is 14.0. The van der Waals surface area contributed by atoms with E-state index in [4.69, 9.17) is 4.99 Å². The fourth-order valence-corrected chi connectivity index (χ4v) is 3.49. The van der Waals surface area contributed by atoms with Gasteiger partial charge in [-0.1, -0.05) is 24.3 Å². The molecule has 138 valence electrons. The van der Waals surface area contributed by atoms with Gasteiger partial charge >= 0.3 is 0 Å². The van der Waals surface area contributed by atoms with Crippen LogP contribution in [0, 0.1) is 0 Å². The molecule has 2 aliphatic rings. The van der Waals surface area contributed by atoms with Gasteiger partial charge in [0.25, 0.3) is 0 Å². The first-order valence-corrected chi connectivity index (χ1v) is 9.15. The number of guanidine groups is 1. The van der Waals surface area contributed by atoms with Crippen LogP contribution in [0.4, 0.5) is 0 Å². The van der Waals surface area contributed by atoms with E-state index >= 15 is 0 Å². The average Bonchev–Trinajstić information content (AvgIpc) is 3.02. The first kappa shape index (κ1) is 20.0. The number of carbonyl (C=O) groups excluding carboxylic acids is 1. The highest BCUT2D eigenvalue weighted by Gasteiger charge is 2.20. The Morgan fingerprint density at radius 3 is 2.72 bits per heavy atom. The molecule has 1 amide bonds. The van der Waals surface area contributed by atoms with E-state index in [2.05, 4.69) is 41.4 Å². The number of hydrogen-bond donors (Lipinski definition) is 1. The molecule has 1 fully saturated rings. The Balaban J connectivity index is 0.00000225. The van der Waals surface area contributed by atoms with Crippen LogP contribution in [-0.4, -0.2) is 54.4 Å². The van der Waals surface area contributed by atoms with Gasteiger partial charge in [-0.3, -0.25) is 9.79 Å². The van der Waals surface area contributed by atoms with Crippen LogP contribution < -0.4 is 5.32 Å². The van der Waals surface area contributed by atoms with Gasteiger partial charge in [0.1, 0.15) is 0 Å². The van der Waals surface area contributed by atoms with Gasteiger partial charge in [0.05, 0.1) is 0 Å². The molecule has 3 rings (SSSR count). The summed E-state index contributed by atoms with van der Waals surface area (Å²) in [6.07, 6.45) is 3.74. The third-order valence-electron chi connectivity index (χ3n) is 4.78. The van der Waals surface area contributed by atoms with Crippen LogP contribution in [-0.2, 0) is 17.8 Å². The van der Waals surface area contributed by atoms with Gasteiger partial charge in [-0.15, -0.1) is 24.0 Å². The second-order valence-electron chi connectivity index (χ2n) is 6.51. The van der Waals surface area contributed by atoms with Crippen LogP contribution in [0.5, 0.6) is 0 Å². The van der Waals surface area contributed by atoms with Crippen LogP contribution >= 0.6 is 24.0 Å². The summed E-state index contributed by atoms with van der Waals surface area (Å²) in [7, 11) is 0. The smallest absolute Gasteiger partial charge is 0.222 e. The summed E-state index contributed by atoms with van der Waals surface area (Å²) in [6, 6.07) is 8.67. The quantitative estimate of drug-likeness (QED) is 0.321. The molecule has 0 atom stereocenters. The lowest BCUT2D eigenvalue weighted by Crippen LogP contribution is -2.44. The first-order chi connectivity index (χ1) is 11.8. The maximum Gasteiger partial charge on any atom is 0.222 e. The Morgan fingerprint density at radius 2 is 2.00 bits per heavy atom. The zero-order chi connectivity index (χ0) is 16.8. The normalized spacial score (nSPS) is 17.3. The molecule has 1 aromatic carbocycles. The highest BCUT2D eigenvalue weighted by Crippen LogP contribution is 2.18. The molecule has 0 radical (unpaired) electrons. The molecule has 5 nitrogen and oxygen atoms in total. The van der Waals surface area contributed by atoms with E-state index in [1.54, 1.807) is 0 Å². The van der Waals surface area contributed by atoms with E-state index in [9.17, 15) is 4.79 Å². The minimum absolute atomic E-state index is 0. The maximum absolute atomic E-state index is 11.6. The van der Waals surface area contributed by atoms with E-state index in [1.165, 1.54) is 11.1 Å². The summed E-state index contributed by atoms with van der Waals surface area (Å²) >= 11 is 0. The standard InChI is InChI=1S/C19H28N4O.HI/c1-2-20-19(21-11-6-13-22-12-5-9-18(22)24)23-14-10-16-7-3-4-8-17(16)15-23;/h3-4,7-8H,2,5-6,9-15H2,1H3,(H,20,21);1H. The largest absolute Gasteiger partial charge is 0.357 e. The van der Waals surface area contributed by atoms with Gasteiger partial charge < -0.3 is 15.1 Å². The van der Waals surface area contributed by atoms with Crippen LogP contribution in [0.1, 0.15) is 37.3 Å². The molecule has 1 N–H and O–H groups in total. The van der Waals surface area contributed by atoms with Crippen LogP contribution in [0.15, 0.2) is 29.3 Å². The molecule has 0 aromatic heterocycles. The molecule has 1 aromatic rings. The summed E-state index contributed by atoms with van der Waals surface area (Å²) in [4.78, 5) is 20.7. The van der Waals surface area contributed by atoms with Crippen LogP contribution in [0.3, 0.4) is 0 Å². The predicted octanol–water partition coefficient (Wildman–Crippen LogP) is 2.64. The Morgan fingerprint density at radius 1 is 1.20 bits per heavy atom. The monoisotopic (exact) mass is 456 g/mol. The van der Waals surface area contributed by atoms with Crippen LogP contribution in [0.2, 0.25) is 0 Å².